The Bertz CT molecular complexity index is 739. The Morgan fingerprint density at radius 3 is 2.42 bits per heavy atom. The fourth-order valence-electron chi connectivity index (χ4n) is 1.56. The summed E-state index contributed by atoms with van der Waals surface area (Å²) in [6, 6.07) is 3.01. The van der Waals surface area contributed by atoms with Crippen LogP contribution in [-0.4, -0.2) is 25.2 Å². The number of anilines is 1. The Hall–Kier alpha value is -1.94. The lowest BCUT2D eigenvalue weighted by molar-refractivity contribution is -0.135. The minimum absolute atomic E-state index is 0.0456. The van der Waals surface area contributed by atoms with Gasteiger partial charge in [-0.05, 0) is 19.9 Å². The van der Waals surface area contributed by atoms with Gasteiger partial charge >= 0.3 is 11.9 Å². The molecule has 0 radical (unpaired) electrons. The van der Waals surface area contributed by atoms with Gasteiger partial charge in [-0.15, -0.1) is 0 Å². The summed E-state index contributed by atoms with van der Waals surface area (Å²) in [7, 11) is 1.14. The van der Waals surface area contributed by atoms with Crippen LogP contribution in [0.15, 0.2) is 17.8 Å². The van der Waals surface area contributed by atoms with Crippen molar-refractivity contribution < 1.29 is 19.1 Å². The maximum atomic E-state index is 12.1. The molecule has 9 heteroatoms. The number of methoxy groups -OCH3 is 1. The molecule has 6 nitrogen and oxygen atoms in total. The van der Waals surface area contributed by atoms with E-state index in [2.05, 4.69) is 10.1 Å². The molecule has 0 heterocycles. The highest BCUT2D eigenvalue weighted by molar-refractivity contribution is 6.47. The van der Waals surface area contributed by atoms with Gasteiger partial charge in [0.2, 0.25) is 0 Å². The van der Waals surface area contributed by atoms with E-state index in [1.54, 1.807) is 19.9 Å². The van der Waals surface area contributed by atoms with E-state index in [1.165, 1.54) is 6.07 Å². The Balaban J connectivity index is 3.30. The van der Waals surface area contributed by atoms with E-state index in [0.717, 1.165) is 13.3 Å². The normalized spacial score (nSPS) is 11.0. The summed E-state index contributed by atoms with van der Waals surface area (Å²) in [4.78, 5) is 23.5. The van der Waals surface area contributed by atoms with Gasteiger partial charge in [0.05, 0.1) is 34.0 Å². The van der Waals surface area contributed by atoms with Crippen LogP contribution in [0.25, 0.3) is 0 Å². The largest absolute Gasteiger partial charge is 0.465 e. The van der Waals surface area contributed by atoms with Crippen molar-refractivity contribution in [1.82, 2.24) is 0 Å². The van der Waals surface area contributed by atoms with Gasteiger partial charge in [0.15, 0.2) is 5.57 Å². The Morgan fingerprint density at radius 2 is 1.92 bits per heavy atom. The average molecular weight is 392 g/mol. The van der Waals surface area contributed by atoms with Crippen LogP contribution in [0.3, 0.4) is 0 Å². The lowest BCUT2D eigenvalue weighted by Gasteiger charge is -2.14. The van der Waals surface area contributed by atoms with Gasteiger partial charge in [-0.2, -0.15) is 5.26 Å². The van der Waals surface area contributed by atoms with Crippen molar-refractivity contribution in [2.45, 2.75) is 20.0 Å². The summed E-state index contributed by atoms with van der Waals surface area (Å²) >= 11 is 18.2. The summed E-state index contributed by atoms with van der Waals surface area (Å²) in [5.41, 5.74) is -0.253. The number of nitriles is 1. The third-order valence-corrected chi connectivity index (χ3v) is 3.78. The highest BCUT2D eigenvalue weighted by atomic mass is 35.5. The molecule has 0 aromatic heterocycles. The first kappa shape index (κ1) is 20.1. The van der Waals surface area contributed by atoms with Crippen LogP contribution in [0.1, 0.15) is 24.2 Å². The molecule has 0 aliphatic rings. The van der Waals surface area contributed by atoms with Gasteiger partial charge in [0.1, 0.15) is 11.6 Å². The monoisotopic (exact) mass is 390 g/mol. The summed E-state index contributed by atoms with van der Waals surface area (Å²) in [5, 5.41) is 11.5. The van der Waals surface area contributed by atoms with Crippen LogP contribution in [0, 0.1) is 11.3 Å². The first-order valence-electron chi connectivity index (χ1n) is 6.56. The SMILES string of the molecule is COC(=O)C(C#N)=CNc1cc(Cl)c(Cl)c(C(=O)OC(C)C)c1Cl. The number of ether oxygens (including phenoxy) is 2. The molecule has 1 N–H and O–H groups in total. The predicted octanol–water partition coefficient (Wildman–Crippen LogP) is 4.20. The van der Waals surface area contributed by atoms with Gasteiger partial charge < -0.3 is 14.8 Å². The van der Waals surface area contributed by atoms with Gasteiger partial charge in [0, 0.05) is 6.20 Å². The molecule has 1 rings (SSSR count). The molecular weight excluding hydrogens is 379 g/mol. The Morgan fingerprint density at radius 1 is 1.29 bits per heavy atom. The third-order valence-electron chi connectivity index (χ3n) is 2.60. The summed E-state index contributed by atoms with van der Waals surface area (Å²) in [5.74, 6) is -1.58. The number of halogens is 3. The molecule has 0 aliphatic carbocycles. The first-order chi connectivity index (χ1) is 11.2. The number of benzene rings is 1. The van der Waals surface area contributed by atoms with Crippen molar-refractivity contribution in [2.24, 2.45) is 0 Å². The van der Waals surface area contributed by atoms with Crippen LogP contribution < -0.4 is 5.32 Å². The van der Waals surface area contributed by atoms with Crippen molar-refractivity contribution in [3.8, 4) is 6.07 Å². The minimum atomic E-state index is -0.833. The fourth-order valence-corrected chi connectivity index (χ4v) is 2.32. The number of carbonyl (C=O) groups is 2. The van der Waals surface area contributed by atoms with Gasteiger partial charge in [-0.3, -0.25) is 0 Å². The van der Waals surface area contributed by atoms with Crippen molar-refractivity contribution in [1.29, 1.82) is 5.26 Å². The molecule has 0 saturated carbocycles. The van der Waals surface area contributed by atoms with Crippen LogP contribution >= 0.6 is 34.8 Å². The molecule has 1 aromatic rings. The predicted molar refractivity (Wildman–Crippen MR) is 91.4 cm³/mol. The Labute approximate surface area is 153 Å². The molecule has 0 bridgehead atoms. The molecule has 0 saturated heterocycles. The average Bonchev–Trinajstić information content (AvgIpc) is 2.51. The van der Waals surface area contributed by atoms with Crippen molar-refractivity contribution in [3.63, 3.8) is 0 Å². The van der Waals surface area contributed by atoms with E-state index in [9.17, 15) is 9.59 Å². The molecule has 0 fully saturated rings. The highest BCUT2D eigenvalue weighted by Crippen LogP contribution is 2.38. The molecular formula is C15H13Cl3N2O4. The lowest BCUT2D eigenvalue weighted by Crippen LogP contribution is -2.13. The number of esters is 2. The van der Waals surface area contributed by atoms with Gasteiger partial charge in [-0.25, -0.2) is 9.59 Å². The number of hydrogen-bond acceptors (Lipinski definition) is 6. The molecule has 128 valence electrons. The number of rotatable bonds is 5. The van der Waals surface area contributed by atoms with Crippen molar-refractivity contribution in [3.05, 3.63) is 38.5 Å². The third kappa shape index (κ3) is 4.78. The zero-order valence-electron chi connectivity index (χ0n) is 12.9. The standard InChI is InChI=1S/C15H13Cl3N2O4/c1-7(2)24-15(22)11-12(17)9(16)4-10(13(11)18)20-6-8(5-19)14(21)23-3/h4,6-7,20H,1-3H3. The van der Waals surface area contributed by atoms with Crippen LogP contribution in [0.5, 0.6) is 0 Å². The number of carbonyl (C=O) groups excluding carboxylic acids is 2. The van der Waals surface area contributed by atoms with Crippen LogP contribution in [0.4, 0.5) is 5.69 Å². The number of nitrogens with zero attached hydrogens (tertiary/aromatic N) is 1. The molecule has 0 unspecified atom stereocenters. The van der Waals surface area contributed by atoms with Gasteiger partial charge in [-0.1, -0.05) is 34.8 Å². The zero-order valence-corrected chi connectivity index (χ0v) is 15.2. The quantitative estimate of drug-likeness (QED) is 0.350. The van der Waals surface area contributed by atoms with E-state index in [1.807, 2.05) is 0 Å². The molecule has 0 aliphatic heterocycles. The van der Waals surface area contributed by atoms with Gasteiger partial charge in [0.25, 0.3) is 0 Å². The first-order valence-corrected chi connectivity index (χ1v) is 7.69. The fraction of sp³-hybridized carbons (Fsp3) is 0.267. The topological polar surface area (TPSA) is 88.4 Å². The molecule has 0 atom stereocenters. The summed E-state index contributed by atoms with van der Waals surface area (Å²) < 4.78 is 9.52. The summed E-state index contributed by atoms with van der Waals surface area (Å²) in [6.45, 7) is 3.34. The molecule has 24 heavy (non-hydrogen) atoms. The molecule has 0 spiro atoms. The second kappa shape index (κ2) is 8.78. The van der Waals surface area contributed by atoms with E-state index in [4.69, 9.17) is 44.8 Å². The lowest BCUT2D eigenvalue weighted by atomic mass is 10.2. The van der Waals surface area contributed by atoms with Crippen molar-refractivity contribution >= 4 is 52.4 Å². The highest BCUT2D eigenvalue weighted by Gasteiger charge is 2.23. The van der Waals surface area contributed by atoms with E-state index in [0.29, 0.717) is 0 Å². The number of nitrogens with one attached hydrogen (secondary N) is 1. The van der Waals surface area contributed by atoms with Crippen LogP contribution in [0.2, 0.25) is 15.1 Å². The van der Waals surface area contributed by atoms with E-state index in [-0.39, 0.29) is 38.0 Å². The smallest absolute Gasteiger partial charge is 0.350 e. The number of hydrogen-bond donors (Lipinski definition) is 1. The minimum Gasteiger partial charge on any atom is -0.465 e. The maximum Gasteiger partial charge on any atom is 0.350 e. The molecule has 0 amide bonds. The zero-order chi connectivity index (χ0) is 18.4. The molecule has 1 aromatic carbocycles. The summed E-state index contributed by atoms with van der Waals surface area (Å²) in [6.07, 6.45) is 0.693. The second-order valence-corrected chi connectivity index (χ2v) is 5.83. The van der Waals surface area contributed by atoms with Crippen molar-refractivity contribution in [2.75, 3.05) is 12.4 Å². The Kier molecular flexibility index (Phi) is 7.36. The van der Waals surface area contributed by atoms with E-state index >= 15 is 0 Å². The maximum absolute atomic E-state index is 12.1. The second-order valence-electron chi connectivity index (χ2n) is 4.67. The van der Waals surface area contributed by atoms with E-state index < -0.39 is 11.9 Å². The van der Waals surface area contributed by atoms with Crippen LogP contribution in [-0.2, 0) is 14.3 Å².